The van der Waals surface area contributed by atoms with Crippen molar-refractivity contribution in [2.75, 3.05) is 13.1 Å². The number of fused-ring (bicyclic) bond motifs is 2. The van der Waals surface area contributed by atoms with E-state index < -0.39 is 0 Å². The number of aromatic nitrogens is 1. The molecule has 24 heavy (non-hydrogen) atoms. The molecule has 1 aromatic carbocycles. The lowest BCUT2D eigenvalue weighted by molar-refractivity contribution is 0.0785. The van der Waals surface area contributed by atoms with Crippen LogP contribution in [0.2, 0.25) is 0 Å². The van der Waals surface area contributed by atoms with Gasteiger partial charge >= 0.3 is 0 Å². The maximum Gasteiger partial charge on any atom is 0.256 e. The Labute approximate surface area is 154 Å². The molecular formula is C18H23Cl2N3O. The van der Waals surface area contributed by atoms with Gasteiger partial charge in [-0.2, -0.15) is 0 Å². The number of amides is 1. The minimum atomic E-state index is 0. The zero-order chi connectivity index (χ0) is 15.1. The molecule has 0 bridgehead atoms. The molecule has 3 unspecified atom stereocenters. The van der Waals surface area contributed by atoms with Gasteiger partial charge in [-0.25, -0.2) is 0 Å². The van der Waals surface area contributed by atoms with Crippen LogP contribution in [0, 0.1) is 11.8 Å². The number of nitrogens with zero attached hydrogens (tertiary/aromatic N) is 2. The molecule has 1 aromatic heterocycles. The van der Waals surface area contributed by atoms with Crippen LogP contribution in [0.4, 0.5) is 0 Å². The largest absolute Gasteiger partial charge is 0.338 e. The molecule has 1 aliphatic carbocycles. The fourth-order valence-electron chi connectivity index (χ4n) is 4.13. The van der Waals surface area contributed by atoms with Crippen LogP contribution in [0.15, 0.2) is 36.5 Å². The normalized spacial score (nSPS) is 25.5. The van der Waals surface area contributed by atoms with E-state index in [2.05, 4.69) is 4.98 Å². The number of para-hydroxylation sites is 1. The number of hydrogen-bond donors (Lipinski definition) is 1. The van der Waals surface area contributed by atoms with Gasteiger partial charge in [-0.3, -0.25) is 9.78 Å². The second-order valence-corrected chi connectivity index (χ2v) is 6.61. The Balaban J connectivity index is 0.00000104. The van der Waals surface area contributed by atoms with Crippen molar-refractivity contribution in [2.45, 2.75) is 25.3 Å². The summed E-state index contributed by atoms with van der Waals surface area (Å²) in [6.45, 7) is 1.65. The summed E-state index contributed by atoms with van der Waals surface area (Å²) >= 11 is 0. The van der Waals surface area contributed by atoms with Gasteiger partial charge in [-0.1, -0.05) is 24.6 Å². The molecule has 2 fully saturated rings. The van der Waals surface area contributed by atoms with Gasteiger partial charge < -0.3 is 10.6 Å². The standard InChI is InChI=1S/C18H21N3O.2ClH/c19-16-8-2-5-13-10-21(11-15(13)16)18(22)14-7-1-4-12-6-3-9-20-17(12)14;;/h1,3-4,6-7,9,13,15-16H,2,5,8,10-11,19H2;2*1H. The minimum Gasteiger partial charge on any atom is -0.338 e. The first kappa shape index (κ1) is 19.0. The summed E-state index contributed by atoms with van der Waals surface area (Å²) in [6, 6.07) is 9.98. The fraction of sp³-hybridized carbons (Fsp3) is 0.444. The Morgan fingerprint density at radius 1 is 1.12 bits per heavy atom. The molecule has 4 nitrogen and oxygen atoms in total. The Kier molecular flexibility index (Phi) is 6.07. The van der Waals surface area contributed by atoms with Crippen LogP contribution in [0.1, 0.15) is 29.6 Å². The van der Waals surface area contributed by atoms with E-state index in [1.165, 1.54) is 12.8 Å². The van der Waals surface area contributed by atoms with Crippen LogP contribution in [-0.2, 0) is 0 Å². The van der Waals surface area contributed by atoms with E-state index in [0.29, 0.717) is 17.4 Å². The van der Waals surface area contributed by atoms with Gasteiger partial charge in [0.25, 0.3) is 5.91 Å². The van der Waals surface area contributed by atoms with Crippen LogP contribution in [0.3, 0.4) is 0 Å². The van der Waals surface area contributed by atoms with E-state index in [9.17, 15) is 4.79 Å². The van der Waals surface area contributed by atoms with Gasteiger partial charge in [0, 0.05) is 30.7 Å². The van der Waals surface area contributed by atoms with Crippen molar-refractivity contribution >= 4 is 41.6 Å². The van der Waals surface area contributed by atoms with Crippen molar-refractivity contribution in [1.29, 1.82) is 0 Å². The maximum atomic E-state index is 13.0. The minimum absolute atomic E-state index is 0. The molecular weight excluding hydrogens is 345 g/mol. The first-order chi connectivity index (χ1) is 10.7. The summed E-state index contributed by atoms with van der Waals surface area (Å²) in [6.07, 6.45) is 5.24. The molecule has 6 heteroatoms. The predicted octanol–water partition coefficient (Wildman–Crippen LogP) is 3.28. The van der Waals surface area contributed by atoms with Gasteiger partial charge in [0.1, 0.15) is 0 Å². The lowest BCUT2D eigenvalue weighted by Crippen LogP contribution is -2.38. The summed E-state index contributed by atoms with van der Waals surface area (Å²) in [5.41, 5.74) is 7.77. The van der Waals surface area contributed by atoms with Crippen molar-refractivity contribution in [3.63, 3.8) is 0 Å². The first-order valence-electron chi connectivity index (χ1n) is 8.12. The van der Waals surface area contributed by atoms with Crippen molar-refractivity contribution in [2.24, 2.45) is 17.6 Å². The number of carbonyl (C=O) groups is 1. The van der Waals surface area contributed by atoms with Crippen LogP contribution in [0.5, 0.6) is 0 Å². The Morgan fingerprint density at radius 3 is 2.71 bits per heavy atom. The van der Waals surface area contributed by atoms with E-state index in [-0.39, 0.29) is 36.8 Å². The molecule has 3 atom stereocenters. The first-order valence-corrected chi connectivity index (χ1v) is 8.12. The molecule has 1 saturated heterocycles. The molecule has 2 N–H and O–H groups in total. The number of halogens is 2. The molecule has 2 aliphatic rings. The lowest BCUT2D eigenvalue weighted by Gasteiger charge is -2.29. The highest BCUT2D eigenvalue weighted by Gasteiger charge is 2.40. The van der Waals surface area contributed by atoms with Crippen LogP contribution in [0.25, 0.3) is 10.9 Å². The summed E-state index contributed by atoms with van der Waals surface area (Å²) in [7, 11) is 0. The van der Waals surface area contributed by atoms with E-state index in [1.54, 1.807) is 6.20 Å². The SMILES string of the molecule is Cl.Cl.NC1CCCC2CN(C(=O)c3cccc4cccnc34)CC12. The molecule has 2 heterocycles. The van der Waals surface area contributed by atoms with Crippen LogP contribution in [-0.4, -0.2) is 34.9 Å². The Bertz CT molecular complexity index is 719. The smallest absolute Gasteiger partial charge is 0.256 e. The maximum absolute atomic E-state index is 13.0. The molecule has 0 radical (unpaired) electrons. The lowest BCUT2D eigenvalue weighted by atomic mass is 9.78. The molecule has 2 aromatic rings. The number of likely N-dealkylation sites (tertiary alicyclic amines) is 1. The van der Waals surface area contributed by atoms with Gasteiger partial charge in [0.2, 0.25) is 0 Å². The van der Waals surface area contributed by atoms with E-state index in [0.717, 1.165) is 30.4 Å². The Hall–Kier alpha value is -1.36. The molecule has 1 amide bonds. The van der Waals surface area contributed by atoms with Crippen molar-refractivity contribution in [3.05, 3.63) is 42.1 Å². The summed E-state index contributed by atoms with van der Waals surface area (Å²) in [5, 5.41) is 1.02. The third-order valence-corrected chi connectivity index (χ3v) is 5.30. The number of rotatable bonds is 1. The number of carbonyl (C=O) groups excluding carboxylic acids is 1. The van der Waals surface area contributed by atoms with E-state index >= 15 is 0 Å². The van der Waals surface area contributed by atoms with E-state index in [4.69, 9.17) is 5.73 Å². The molecule has 130 valence electrons. The molecule has 4 rings (SSSR count). The topological polar surface area (TPSA) is 59.2 Å². The fourth-order valence-corrected chi connectivity index (χ4v) is 4.13. The monoisotopic (exact) mass is 367 g/mol. The highest BCUT2D eigenvalue weighted by Crippen LogP contribution is 2.36. The van der Waals surface area contributed by atoms with Gasteiger partial charge in [-0.15, -0.1) is 24.8 Å². The van der Waals surface area contributed by atoms with Crippen molar-refractivity contribution < 1.29 is 4.79 Å². The number of nitrogens with two attached hydrogens (primary N) is 1. The zero-order valence-corrected chi connectivity index (χ0v) is 15.1. The van der Waals surface area contributed by atoms with Gasteiger partial charge in [0.15, 0.2) is 0 Å². The molecule has 0 spiro atoms. The van der Waals surface area contributed by atoms with Crippen molar-refractivity contribution in [3.8, 4) is 0 Å². The third kappa shape index (κ3) is 3.23. The second kappa shape index (κ2) is 7.68. The third-order valence-electron chi connectivity index (χ3n) is 5.30. The summed E-state index contributed by atoms with van der Waals surface area (Å²) in [4.78, 5) is 19.4. The average Bonchev–Trinajstić information content (AvgIpc) is 2.99. The number of hydrogen-bond acceptors (Lipinski definition) is 3. The van der Waals surface area contributed by atoms with Gasteiger partial charge in [-0.05, 0) is 36.8 Å². The zero-order valence-electron chi connectivity index (χ0n) is 13.4. The van der Waals surface area contributed by atoms with Crippen molar-refractivity contribution in [1.82, 2.24) is 9.88 Å². The average molecular weight is 368 g/mol. The predicted molar refractivity (Wildman–Crippen MR) is 101 cm³/mol. The van der Waals surface area contributed by atoms with E-state index in [1.807, 2.05) is 35.2 Å². The molecule has 1 saturated carbocycles. The second-order valence-electron chi connectivity index (χ2n) is 6.61. The highest BCUT2D eigenvalue weighted by atomic mass is 35.5. The number of pyridine rings is 1. The highest BCUT2D eigenvalue weighted by molar-refractivity contribution is 6.05. The quantitative estimate of drug-likeness (QED) is 0.841. The van der Waals surface area contributed by atoms with Crippen LogP contribution < -0.4 is 5.73 Å². The summed E-state index contributed by atoms with van der Waals surface area (Å²) < 4.78 is 0. The number of benzene rings is 1. The van der Waals surface area contributed by atoms with Crippen LogP contribution >= 0.6 is 24.8 Å². The molecule has 1 aliphatic heterocycles. The Morgan fingerprint density at radius 2 is 1.92 bits per heavy atom. The van der Waals surface area contributed by atoms with Gasteiger partial charge in [0.05, 0.1) is 11.1 Å². The summed E-state index contributed by atoms with van der Waals surface area (Å²) in [5.74, 6) is 1.15.